The Balaban J connectivity index is 1.61. The second kappa shape index (κ2) is 7.30. The lowest BCUT2D eigenvalue weighted by atomic mass is 10.1. The van der Waals surface area contributed by atoms with Crippen LogP contribution in [0.5, 0.6) is 0 Å². The summed E-state index contributed by atoms with van der Waals surface area (Å²) in [5, 5.41) is 0. The summed E-state index contributed by atoms with van der Waals surface area (Å²) < 4.78 is 2.03. The molecule has 6 nitrogen and oxygen atoms in total. The number of rotatable bonds is 2. The second-order valence-electron chi connectivity index (χ2n) is 7.68. The fraction of sp³-hybridized carbons (Fsp3) is 0.208. The monoisotopic (exact) mass is 397 g/mol. The molecule has 0 bridgehead atoms. The fourth-order valence-electron chi connectivity index (χ4n) is 3.97. The number of nitrogens with zero attached hydrogens (tertiary/aromatic N) is 5. The van der Waals surface area contributed by atoms with Crippen LogP contribution < -0.4 is 9.80 Å². The molecule has 3 heterocycles. The number of para-hydroxylation sites is 2. The Morgan fingerprint density at radius 3 is 2.33 bits per heavy atom. The molecule has 0 spiro atoms. The van der Waals surface area contributed by atoms with Gasteiger partial charge in [-0.2, -0.15) is 0 Å². The number of benzene rings is 2. The Hall–Kier alpha value is -3.67. The lowest BCUT2D eigenvalue weighted by Crippen LogP contribution is -2.32. The van der Waals surface area contributed by atoms with E-state index in [0.717, 1.165) is 41.1 Å². The third kappa shape index (κ3) is 3.10. The van der Waals surface area contributed by atoms with E-state index in [1.165, 1.54) is 0 Å². The standard InChI is InChI=1S/C24H23N5O/c1-17-10-11-18(16-21(17)28-13-5-6-14-28)24(30)29-15-7-12-27(2)22-23(29)26-20-9-4-3-8-19(20)25-22/h3-6,8-11,13-14,16H,7,12,15H2,1-2H3. The smallest absolute Gasteiger partial charge is 0.259 e. The predicted molar refractivity (Wildman–Crippen MR) is 120 cm³/mol. The van der Waals surface area contributed by atoms with Gasteiger partial charge in [0.1, 0.15) is 0 Å². The van der Waals surface area contributed by atoms with Crippen LogP contribution in [0.2, 0.25) is 0 Å². The SMILES string of the molecule is Cc1ccc(C(=O)N2CCCN(C)c3nc4ccccc4nc32)cc1-n1cccc1. The summed E-state index contributed by atoms with van der Waals surface area (Å²) in [7, 11) is 2.01. The molecule has 30 heavy (non-hydrogen) atoms. The lowest BCUT2D eigenvalue weighted by Gasteiger charge is -2.23. The van der Waals surface area contributed by atoms with Gasteiger partial charge in [0.15, 0.2) is 11.6 Å². The van der Waals surface area contributed by atoms with E-state index in [1.807, 2.05) is 78.6 Å². The van der Waals surface area contributed by atoms with Crippen LogP contribution >= 0.6 is 0 Å². The molecule has 0 aliphatic carbocycles. The number of hydrogen-bond donors (Lipinski definition) is 0. The van der Waals surface area contributed by atoms with Gasteiger partial charge in [-0.15, -0.1) is 0 Å². The van der Waals surface area contributed by atoms with E-state index in [0.29, 0.717) is 17.9 Å². The molecule has 5 rings (SSSR count). The summed E-state index contributed by atoms with van der Waals surface area (Å²) >= 11 is 0. The maximum Gasteiger partial charge on any atom is 0.259 e. The molecule has 0 fully saturated rings. The van der Waals surface area contributed by atoms with Gasteiger partial charge in [-0.25, -0.2) is 9.97 Å². The van der Waals surface area contributed by atoms with Crippen LogP contribution in [0.3, 0.4) is 0 Å². The average Bonchev–Trinajstić information content (AvgIpc) is 3.25. The number of aromatic nitrogens is 3. The minimum Gasteiger partial charge on any atom is -0.357 e. The summed E-state index contributed by atoms with van der Waals surface area (Å²) in [5.74, 6) is 1.32. The maximum atomic E-state index is 13.6. The van der Waals surface area contributed by atoms with Crippen molar-refractivity contribution in [2.75, 3.05) is 29.9 Å². The highest BCUT2D eigenvalue weighted by Gasteiger charge is 2.27. The number of fused-ring (bicyclic) bond motifs is 2. The Morgan fingerprint density at radius 1 is 0.900 bits per heavy atom. The van der Waals surface area contributed by atoms with Gasteiger partial charge in [0, 0.05) is 43.8 Å². The lowest BCUT2D eigenvalue weighted by molar-refractivity contribution is 0.0986. The summed E-state index contributed by atoms with van der Waals surface area (Å²) in [5.41, 5.74) is 4.39. The van der Waals surface area contributed by atoms with Crippen molar-refractivity contribution in [2.24, 2.45) is 0 Å². The van der Waals surface area contributed by atoms with Crippen molar-refractivity contribution >= 4 is 28.6 Å². The minimum atomic E-state index is -0.0514. The van der Waals surface area contributed by atoms with Crippen LogP contribution in [0.25, 0.3) is 16.7 Å². The first kappa shape index (κ1) is 18.4. The van der Waals surface area contributed by atoms with E-state index in [1.54, 1.807) is 4.90 Å². The van der Waals surface area contributed by atoms with Gasteiger partial charge in [0.25, 0.3) is 5.91 Å². The molecule has 0 atom stereocenters. The largest absolute Gasteiger partial charge is 0.357 e. The Morgan fingerprint density at radius 2 is 1.60 bits per heavy atom. The van der Waals surface area contributed by atoms with E-state index >= 15 is 0 Å². The van der Waals surface area contributed by atoms with Crippen molar-refractivity contribution in [3.8, 4) is 5.69 Å². The van der Waals surface area contributed by atoms with Gasteiger partial charge in [-0.05, 0) is 55.3 Å². The highest BCUT2D eigenvalue weighted by molar-refractivity contribution is 6.08. The molecular formula is C24H23N5O. The van der Waals surface area contributed by atoms with Gasteiger partial charge < -0.3 is 9.47 Å². The highest BCUT2D eigenvalue weighted by Crippen LogP contribution is 2.31. The number of hydrogen-bond acceptors (Lipinski definition) is 4. The van der Waals surface area contributed by atoms with Crippen molar-refractivity contribution in [1.82, 2.24) is 14.5 Å². The molecule has 1 amide bonds. The minimum absolute atomic E-state index is 0.0514. The van der Waals surface area contributed by atoms with Crippen LogP contribution in [0.1, 0.15) is 22.3 Å². The van der Waals surface area contributed by atoms with Crippen LogP contribution in [0.4, 0.5) is 11.6 Å². The number of carbonyl (C=O) groups is 1. The number of aryl methyl sites for hydroxylation is 1. The Kier molecular flexibility index (Phi) is 4.47. The Bertz CT molecular complexity index is 1230. The van der Waals surface area contributed by atoms with Crippen molar-refractivity contribution in [2.45, 2.75) is 13.3 Å². The summed E-state index contributed by atoms with van der Waals surface area (Å²) in [4.78, 5) is 27.1. The molecule has 2 aromatic carbocycles. The molecule has 0 saturated heterocycles. The normalized spacial score (nSPS) is 13.9. The van der Waals surface area contributed by atoms with Crippen molar-refractivity contribution in [3.05, 3.63) is 78.1 Å². The predicted octanol–water partition coefficient (Wildman–Crippen LogP) is 4.22. The Labute approximate surface area is 175 Å². The summed E-state index contributed by atoms with van der Waals surface area (Å²) in [6.45, 7) is 3.49. The zero-order valence-corrected chi connectivity index (χ0v) is 17.1. The van der Waals surface area contributed by atoms with Gasteiger partial charge >= 0.3 is 0 Å². The van der Waals surface area contributed by atoms with E-state index in [9.17, 15) is 4.79 Å². The zero-order chi connectivity index (χ0) is 20.7. The molecule has 1 aliphatic heterocycles. The third-order valence-electron chi connectivity index (χ3n) is 5.61. The van der Waals surface area contributed by atoms with Crippen molar-refractivity contribution < 1.29 is 4.79 Å². The molecule has 2 aromatic heterocycles. The zero-order valence-electron chi connectivity index (χ0n) is 17.1. The molecule has 0 unspecified atom stereocenters. The number of carbonyl (C=O) groups excluding carboxylic acids is 1. The highest BCUT2D eigenvalue weighted by atomic mass is 16.2. The van der Waals surface area contributed by atoms with E-state index in [-0.39, 0.29) is 5.91 Å². The maximum absolute atomic E-state index is 13.6. The molecule has 1 aliphatic rings. The van der Waals surface area contributed by atoms with Gasteiger partial charge in [0.05, 0.1) is 11.0 Å². The molecule has 0 radical (unpaired) electrons. The molecule has 6 heteroatoms. The molecular weight excluding hydrogens is 374 g/mol. The molecule has 4 aromatic rings. The fourth-order valence-corrected chi connectivity index (χ4v) is 3.97. The summed E-state index contributed by atoms with van der Waals surface area (Å²) in [6.07, 6.45) is 4.84. The first-order chi connectivity index (χ1) is 14.6. The van der Waals surface area contributed by atoms with E-state index in [2.05, 4.69) is 11.8 Å². The van der Waals surface area contributed by atoms with Crippen molar-refractivity contribution in [3.63, 3.8) is 0 Å². The van der Waals surface area contributed by atoms with Crippen LogP contribution in [0, 0.1) is 6.92 Å². The van der Waals surface area contributed by atoms with E-state index in [4.69, 9.17) is 9.97 Å². The molecule has 150 valence electrons. The van der Waals surface area contributed by atoms with Crippen LogP contribution in [-0.2, 0) is 0 Å². The third-order valence-corrected chi connectivity index (χ3v) is 5.61. The molecule has 0 saturated carbocycles. The van der Waals surface area contributed by atoms with Gasteiger partial charge in [-0.3, -0.25) is 9.69 Å². The van der Waals surface area contributed by atoms with Crippen LogP contribution in [0.15, 0.2) is 67.0 Å². The van der Waals surface area contributed by atoms with Crippen molar-refractivity contribution in [1.29, 1.82) is 0 Å². The van der Waals surface area contributed by atoms with Crippen LogP contribution in [-0.4, -0.2) is 40.6 Å². The average molecular weight is 397 g/mol. The molecule has 0 N–H and O–H groups in total. The quantitative estimate of drug-likeness (QED) is 0.508. The first-order valence-electron chi connectivity index (χ1n) is 10.2. The number of amides is 1. The van der Waals surface area contributed by atoms with Gasteiger partial charge in [-0.1, -0.05) is 18.2 Å². The van der Waals surface area contributed by atoms with E-state index < -0.39 is 0 Å². The summed E-state index contributed by atoms with van der Waals surface area (Å²) in [6, 6.07) is 17.6. The number of anilines is 2. The second-order valence-corrected chi connectivity index (χ2v) is 7.68. The first-order valence-corrected chi connectivity index (χ1v) is 10.2. The van der Waals surface area contributed by atoms with Gasteiger partial charge in [0.2, 0.25) is 0 Å². The topological polar surface area (TPSA) is 54.3 Å².